The van der Waals surface area contributed by atoms with Crippen molar-refractivity contribution in [2.45, 2.75) is 13.5 Å². The SMILES string of the molecule is CCOc1ccc(CN2CCN(S(C)(=O)=O)CC2)cc1. The van der Waals surface area contributed by atoms with Crippen LogP contribution in [0.3, 0.4) is 0 Å². The van der Waals surface area contributed by atoms with Gasteiger partial charge in [-0.25, -0.2) is 8.42 Å². The molecule has 2 rings (SSSR count). The lowest BCUT2D eigenvalue weighted by molar-refractivity contribution is 0.182. The van der Waals surface area contributed by atoms with Crippen LogP contribution in [0.5, 0.6) is 5.75 Å². The van der Waals surface area contributed by atoms with Gasteiger partial charge in [0.1, 0.15) is 5.75 Å². The van der Waals surface area contributed by atoms with Crippen LogP contribution in [0.25, 0.3) is 0 Å². The van der Waals surface area contributed by atoms with E-state index in [0.717, 1.165) is 25.4 Å². The molecule has 112 valence electrons. The van der Waals surface area contributed by atoms with Crippen molar-refractivity contribution in [1.82, 2.24) is 9.21 Å². The zero-order valence-electron chi connectivity index (χ0n) is 12.1. The summed E-state index contributed by atoms with van der Waals surface area (Å²) in [4.78, 5) is 2.28. The molecule has 0 atom stereocenters. The van der Waals surface area contributed by atoms with Crippen LogP contribution in [0.15, 0.2) is 24.3 Å². The van der Waals surface area contributed by atoms with Crippen LogP contribution in [-0.2, 0) is 16.6 Å². The molecular formula is C14H22N2O3S. The lowest BCUT2D eigenvalue weighted by atomic mass is 10.2. The van der Waals surface area contributed by atoms with Gasteiger partial charge in [0.05, 0.1) is 12.9 Å². The van der Waals surface area contributed by atoms with E-state index in [9.17, 15) is 8.42 Å². The summed E-state index contributed by atoms with van der Waals surface area (Å²) in [6.07, 6.45) is 1.27. The highest BCUT2D eigenvalue weighted by Gasteiger charge is 2.23. The van der Waals surface area contributed by atoms with Gasteiger partial charge in [0.25, 0.3) is 0 Å². The number of nitrogens with zero attached hydrogens (tertiary/aromatic N) is 2. The average Bonchev–Trinajstić information content (AvgIpc) is 2.41. The highest BCUT2D eigenvalue weighted by Crippen LogP contribution is 2.15. The minimum absolute atomic E-state index is 0.579. The Morgan fingerprint density at radius 1 is 1.10 bits per heavy atom. The summed E-state index contributed by atoms with van der Waals surface area (Å²) in [5, 5.41) is 0. The van der Waals surface area contributed by atoms with Gasteiger partial charge in [-0.05, 0) is 24.6 Å². The van der Waals surface area contributed by atoms with Crippen molar-refractivity contribution in [3.05, 3.63) is 29.8 Å². The first-order valence-corrected chi connectivity index (χ1v) is 8.73. The van der Waals surface area contributed by atoms with Gasteiger partial charge in [0, 0.05) is 32.7 Å². The number of hydrogen-bond donors (Lipinski definition) is 0. The highest BCUT2D eigenvalue weighted by atomic mass is 32.2. The molecule has 0 N–H and O–H groups in total. The monoisotopic (exact) mass is 298 g/mol. The lowest BCUT2D eigenvalue weighted by Gasteiger charge is -2.33. The van der Waals surface area contributed by atoms with Crippen LogP contribution in [0.1, 0.15) is 12.5 Å². The standard InChI is InChI=1S/C14H22N2O3S/c1-3-19-14-6-4-13(5-7-14)12-15-8-10-16(11-9-15)20(2,17)18/h4-7H,3,8-12H2,1-2H3. The van der Waals surface area contributed by atoms with Crippen LogP contribution in [0.2, 0.25) is 0 Å². The molecule has 0 aromatic heterocycles. The third-order valence-electron chi connectivity index (χ3n) is 3.44. The van der Waals surface area contributed by atoms with E-state index < -0.39 is 10.0 Å². The number of ether oxygens (including phenoxy) is 1. The van der Waals surface area contributed by atoms with E-state index in [2.05, 4.69) is 17.0 Å². The van der Waals surface area contributed by atoms with Gasteiger partial charge >= 0.3 is 0 Å². The maximum atomic E-state index is 11.4. The van der Waals surface area contributed by atoms with Gasteiger partial charge in [-0.3, -0.25) is 4.90 Å². The highest BCUT2D eigenvalue weighted by molar-refractivity contribution is 7.88. The predicted octanol–water partition coefficient (Wildman–Crippen LogP) is 1.16. The van der Waals surface area contributed by atoms with E-state index >= 15 is 0 Å². The third-order valence-corrected chi connectivity index (χ3v) is 4.74. The Labute approximate surface area is 121 Å². The van der Waals surface area contributed by atoms with Gasteiger partial charge in [-0.1, -0.05) is 12.1 Å². The maximum absolute atomic E-state index is 11.4. The first kappa shape index (κ1) is 15.3. The van der Waals surface area contributed by atoms with Crippen molar-refractivity contribution in [1.29, 1.82) is 0 Å². The van der Waals surface area contributed by atoms with E-state index in [-0.39, 0.29) is 0 Å². The molecule has 0 saturated carbocycles. The molecule has 20 heavy (non-hydrogen) atoms. The summed E-state index contributed by atoms with van der Waals surface area (Å²) >= 11 is 0. The zero-order chi connectivity index (χ0) is 14.6. The summed E-state index contributed by atoms with van der Waals surface area (Å²) in [6.45, 7) is 6.21. The first-order valence-electron chi connectivity index (χ1n) is 6.88. The fraction of sp³-hybridized carbons (Fsp3) is 0.571. The first-order chi connectivity index (χ1) is 9.49. The molecule has 0 aliphatic carbocycles. The van der Waals surface area contributed by atoms with Gasteiger partial charge in [0.15, 0.2) is 0 Å². The van der Waals surface area contributed by atoms with Crippen LogP contribution in [0, 0.1) is 0 Å². The molecule has 1 aliphatic rings. The van der Waals surface area contributed by atoms with Crippen molar-refractivity contribution in [2.75, 3.05) is 39.0 Å². The van der Waals surface area contributed by atoms with Crippen molar-refractivity contribution in [2.24, 2.45) is 0 Å². The second kappa shape index (κ2) is 6.56. The van der Waals surface area contributed by atoms with Gasteiger partial charge in [-0.2, -0.15) is 4.31 Å². The number of piperazine rings is 1. The third kappa shape index (κ3) is 4.19. The largest absolute Gasteiger partial charge is 0.494 e. The minimum atomic E-state index is -3.04. The number of sulfonamides is 1. The summed E-state index contributed by atoms with van der Waals surface area (Å²) in [6, 6.07) is 8.08. The van der Waals surface area contributed by atoms with Crippen LogP contribution in [0.4, 0.5) is 0 Å². The summed E-state index contributed by atoms with van der Waals surface area (Å²) < 4.78 is 29.8. The molecule has 0 bridgehead atoms. The second-order valence-electron chi connectivity index (χ2n) is 5.02. The number of hydrogen-bond acceptors (Lipinski definition) is 4. The fourth-order valence-electron chi connectivity index (χ4n) is 2.34. The Balaban J connectivity index is 1.86. The average molecular weight is 298 g/mol. The molecule has 0 unspecified atom stereocenters. The number of rotatable bonds is 5. The molecule has 1 aromatic carbocycles. The van der Waals surface area contributed by atoms with Crippen LogP contribution >= 0.6 is 0 Å². The Hall–Kier alpha value is -1.11. The van der Waals surface area contributed by atoms with Crippen LogP contribution in [-0.4, -0.2) is 56.7 Å². The summed E-state index contributed by atoms with van der Waals surface area (Å²) in [5.41, 5.74) is 1.22. The minimum Gasteiger partial charge on any atom is -0.494 e. The lowest BCUT2D eigenvalue weighted by Crippen LogP contribution is -2.47. The van der Waals surface area contributed by atoms with E-state index in [0.29, 0.717) is 19.7 Å². The Kier molecular flexibility index (Phi) is 5.01. The molecule has 6 heteroatoms. The number of benzene rings is 1. The quantitative estimate of drug-likeness (QED) is 0.818. The normalized spacial score (nSPS) is 18.1. The smallest absolute Gasteiger partial charge is 0.211 e. The molecule has 0 amide bonds. The van der Waals surface area contributed by atoms with E-state index in [4.69, 9.17) is 4.74 Å². The van der Waals surface area contributed by atoms with E-state index in [1.54, 1.807) is 4.31 Å². The zero-order valence-corrected chi connectivity index (χ0v) is 12.9. The molecule has 0 spiro atoms. The predicted molar refractivity (Wildman–Crippen MR) is 79.3 cm³/mol. The van der Waals surface area contributed by atoms with Crippen molar-refractivity contribution >= 4 is 10.0 Å². The van der Waals surface area contributed by atoms with Crippen molar-refractivity contribution in [3.8, 4) is 5.75 Å². The summed E-state index contributed by atoms with van der Waals surface area (Å²) in [7, 11) is -3.04. The van der Waals surface area contributed by atoms with Gasteiger partial charge in [-0.15, -0.1) is 0 Å². The van der Waals surface area contributed by atoms with E-state index in [1.165, 1.54) is 11.8 Å². The molecule has 1 aromatic rings. The Bertz CT molecular complexity index is 520. The summed E-state index contributed by atoms with van der Waals surface area (Å²) in [5.74, 6) is 0.887. The van der Waals surface area contributed by atoms with Gasteiger partial charge < -0.3 is 4.74 Å². The van der Waals surface area contributed by atoms with Crippen molar-refractivity contribution < 1.29 is 13.2 Å². The molecule has 1 fully saturated rings. The molecular weight excluding hydrogens is 276 g/mol. The Morgan fingerprint density at radius 2 is 1.70 bits per heavy atom. The molecule has 1 saturated heterocycles. The molecule has 1 heterocycles. The maximum Gasteiger partial charge on any atom is 0.211 e. The molecule has 1 aliphatic heterocycles. The second-order valence-corrected chi connectivity index (χ2v) is 7.00. The van der Waals surface area contributed by atoms with Gasteiger partial charge in [0.2, 0.25) is 10.0 Å². The Morgan fingerprint density at radius 3 is 2.20 bits per heavy atom. The van der Waals surface area contributed by atoms with Crippen molar-refractivity contribution in [3.63, 3.8) is 0 Å². The topological polar surface area (TPSA) is 49.9 Å². The molecule has 5 nitrogen and oxygen atoms in total. The molecule has 0 radical (unpaired) electrons. The van der Waals surface area contributed by atoms with E-state index in [1.807, 2.05) is 19.1 Å². The van der Waals surface area contributed by atoms with Crippen LogP contribution < -0.4 is 4.74 Å². The fourth-order valence-corrected chi connectivity index (χ4v) is 3.16.